The molecule has 1 aromatic heterocycles. The van der Waals surface area contributed by atoms with E-state index in [0.717, 1.165) is 33.9 Å². The van der Waals surface area contributed by atoms with Gasteiger partial charge in [-0.05, 0) is 49.2 Å². The molecule has 0 bridgehead atoms. The summed E-state index contributed by atoms with van der Waals surface area (Å²) in [4.78, 5) is 12.3. The molecule has 0 fully saturated rings. The van der Waals surface area contributed by atoms with Crippen LogP contribution in [0.25, 0.3) is 0 Å². The van der Waals surface area contributed by atoms with Gasteiger partial charge in [0.25, 0.3) is 0 Å². The van der Waals surface area contributed by atoms with Crippen LogP contribution in [0.1, 0.15) is 22.5 Å². The monoisotopic (exact) mass is 387 g/mol. The molecule has 3 rings (SSSR count). The third-order valence-electron chi connectivity index (χ3n) is 3.65. The van der Waals surface area contributed by atoms with Gasteiger partial charge in [0.05, 0.1) is 35.2 Å². The Hall–Kier alpha value is -2.42. The van der Waals surface area contributed by atoms with Gasteiger partial charge in [-0.25, -0.2) is 0 Å². The molecule has 0 aliphatic heterocycles. The number of para-hydroxylation sites is 2. The Morgan fingerprint density at radius 3 is 1.42 bits per heavy atom. The molecule has 2 aromatic carbocycles. The van der Waals surface area contributed by atoms with Crippen LogP contribution in [0.15, 0.2) is 70.6 Å². The van der Waals surface area contributed by atoms with Crippen molar-refractivity contribution in [2.24, 2.45) is 9.98 Å². The van der Waals surface area contributed by atoms with Crippen molar-refractivity contribution in [1.82, 2.24) is 4.98 Å². The fourth-order valence-corrected chi connectivity index (χ4v) is 2.27. The number of nitrogens with zero attached hydrogens (tertiary/aromatic N) is 2. The van der Waals surface area contributed by atoms with E-state index < -0.39 is 0 Å². The van der Waals surface area contributed by atoms with Crippen molar-refractivity contribution >= 4 is 23.8 Å². The molecule has 1 N–H and O–H groups in total. The average Bonchev–Trinajstić information content (AvgIpc) is 3.01. The first-order valence-corrected chi connectivity index (χ1v) is 7.61. The van der Waals surface area contributed by atoms with E-state index in [9.17, 15) is 0 Å². The summed E-state index contributed by atoms with van der Waals surface area (Å²) in [5.41, 5.74) is 6.21. The Morgan fingerprint density at radius 2 is 1.04 bits per heavy atom. The number of nitrogens with one attached hydrogen (secondary N) is 1. The predicted octanol–water partition coefficient (Wildman–Crippen LogP) is 6.03. The molecule has 0 radical (unpaired) electrons. The van der Waals surface area contributed by atoms with Gasteiger partial charge in [-0.3, -0.25) is 9.98 Å². The zero-order valence-electron chi connectivity index (χ0n) is 15.7. The number of H-pyrrole nitrogens is 1. The minimum atomic E-state index is 0. The average molecular weight is 387 g/mol. The number of hydrogen-bond acceptors (Lipinski definition) is 2. The summed E-state index contributed by atoms with van der Waals surface area (Å²) >= 11 is 0. The van der Waals surface area contributed by atoms with E-state index >= 15 is 0 Å². The molecular weight excluding hydrogens is 362 g/mol. The van der Waals surface area contributed by atoms with Gasteiger partial charge in [-0.1, -0.05) is 36.4 Å². The van der Waals surface area contributed by atoms with Gasteiger partial charge in [-0.15, -0.1) is 0 Å². The first kappa shape index (κ1) is 23.6. The van der Waals surface area contributed by atoms with Crippen LogP contribution in [-0.2, 0) is 17.1 Å². The number of hydrogen-bond donors (Lipinski definition) is 1. The van der Waals surface area contributed by atoms with Crippen molar-refractivity contribution in [3.8, 4) is 0 Å². The molecule has 0 spiro atoms. The maximum Gasteiger partial charge on any atom is 2.00 e. The van der Waals surface area contributed by atoms with Crippen molar-refractivity contribution < 1.29 is 17.1 Å². The maximum atomic E-state index is 4.52. The standard InChI is InChI=1S/C20H19N3.2CH3.Fe/c1-15-7-3-5-9-19(15)21-13-17-11-12-18(23-17)14-22-20-10-6-4-8-16(20)2;;;/h3-14,23H,1-2H3;2*1H3;/q;2*-1;+2. The molecule has 0 saturated heterocycles. The zero-order chi connectivity index (χ0) is 16.1. The van der Waals surface area contributed by atoms with Crippen molar-refractivity contribution in [3.63, 3.8) is 0 Å². The Bertz CT molecular complexity index is 793. The van der Waals surface area contributed by atoms with Gasteiger partial charge in [0.15, 0.2) is 0 Å². The molecule has 1 heterocycles. The Kier molecular flexibility index (Phi) is 10.2. The van der Waals surface area contributed by atoms with Crippen LogP contribution in [0.2, 0.25) is 0 Å². The second kappa shape index (κ2) is 11.2. The first-order valence-electron chi connectivity index (χ1n) is 7.61. The predicted molar refractivity (Wildman–Crippen MR) is 110 cm³/mol. The third kappa shape index (κ3) is 6.14. The largest absolute Gasteiger partial charge is 2.00 e. The number of aliphatic imine (C=N–C) groups is 2. The molecule has 0 atom stereocenters. The zero-order valence-corrected chi connectivity index (χ0v) is 16.8. The molecular formula is C22H25FeN3. The molecule has 0 aliphatic rings. The van der Waals surface area contributed by atoms with E-state index in [4.69, 9.17) is 0 Å². The van der Waals surface area contributed by atoms with Gasteiger partial charge in [0.2, 0.25) is 0 Å². The summed E-state index contributed by atoms with van der Waals surface area (Å²) < 4.78 is 0. The van der Waals surface area contributed by atoms with Crippen LogP contribution in [0.5, 0.6) is 0 Å². The van der Waals surface area contributed by atoms with Crippen LogP contribution >= 0.6 is 0 Å². The minimum absolute atomic E-state index is 0. The first-order chi connectivity index (χ1) is 11.2. The molecule has 136 valence electrons. The summed E-state index contributed by atoms with van der Waals surface area (Å²) in [5.74, 6) is 0. The van der Waals surface area contributed by atoms with Gasteiger partial charge >= 0.3 is 17.1 Å². The van der Waals surface area contributed by atoms with E-state index in [1.165, 1.54) is 0 Å². The fourth-order valence-electron chi connectivity index (χ4n) is 2.27. The Morgan fingerprint density at radius 1 is 0.654 bits per heavy atom. The molecule has 26 heavy (non-hydrogen) atoms. The number of aromatic nitrogens is 1. The van der Waals surface area contributed by atoms with Crippen LogP contribution in [-0.4, -0.2) is 17.4 Å². The van der Waals surface area contributed by atoms with E-state index in [0.29, 0.717) is 0 Å². The molecule has 3 aromatic rings. The number of aryl methyl sites for hydroxylation is 2. The molecule has 4 heteroatoms. The number of benzene rings is 2. The van der Waals surface area contributed by atoms with Gasteiger partial charge in [0.1, 0.15) is 0 Å². The molecule has 3 nitrogen and oxygen atoms in total. The molecule has 0 amide bonds. The van der Waals surface area contributed by atoms with Crippen molar-refractivity contribution in [2.75, 3.05) is 0 Å². The van der Waals surface area contributed by atoms with Crippen molar-refractivity contribution in [1.29, 1.82) is 0 Å². The SMILES string of the molecule is Cc1ccccc1N=Cc1ccc(C=Nc2ccccc2C)[nH]1.[CH3-].[CH3-].[Fe+2]. The van der Waals surface area contributed by atoms with Crippen LogP contribution in [0, 0.1) is 28.7 Å². The molecule has 0 saturated carbocycles. The van der Waals surface area contributed by atoms with Crippen molar-refractivity contribution in [3.05, 3.63) is 98.0 Å². The Labute approximate surface area is 167 Å². The van der Waals surface area contributed by atoms with Crippen molar-refractivity contribution in [2.45, 2.75) is 13.8 Å². The van der Waals surface area contributed by atoms with Gasteiger partial charge < -0.3 is 19.8 Å². The third-order valence-corrected chi connectivity index (χ3v) is 3.65. The van der Waals surface area contributed by atoms with E-state index in [1.807, 2.05) is 61.0 Å². The Balaban J connectivity index is 0.00000208. The summed E-state index contributed by atoms with van der Waals surface area (Å²) in [7, 11) is 0. The summed E-state index contributed by atoms with van der Waals surface area (Å²) in [6.07, 6.45) is 3.68. The fraction of sp³-hybridized carbons (Fsp3) is 0.0909. The quantitative estimate of drug-likeness (QED) is 0.323. The summed E-state index contributed by atoms with van der Waals surface area (Å²) in [6.45, 7) is 4.11. The van der Waals surface area contributed by atoms with E-state index in [1.54, 1.807) is 0 Å². The summed E-state index contributed by atoms with van der Waals surface area (Å²) in [6, 6.07) is 20.2. The maximum absolute atomic E-state index is 4.52. The molecule has 0 aliphatic carbocycles. The van der Waals surface area contributed by atoms with Crippen LogP contribution in [0.3, 0.4) is 0 Å². The van der Waals surface area contributed by atoms with Gasteiger partial charge in [-0.2, -0.15) is 0 Å². The number of rotatable bonds is 4. The summed E-state index contributed by atoms with van der Waals surface area (Å²) in [5, 5.41) is 0. The topological polar surface area (TPSA) is 40.5 Å². The normalized spacial score (nSPS) is 10.2. The van der Waals surface area contributed by atoms with E-state index in [-0.39, 0.29) is 31.9 Å². The molecule has 0 unspecified atom stereocenters. The second-order valence-corrected chi connectivity index (χ2v) is 5.46. The van der Waals surface area contributed by atoms with Gasteiger partial charge in [0, 0.05) is 0 Å². The second-order valence-electron chi connectivity index (χ2n) is 5.46. The number of aromatic amines is 1. The minimum Gasteiger partial charge on any atom is -0.358 e. The van der Waals surface area contributed by atoms with Crippen LogP contribution < -0.4 is 0 Å². The van der Waals surface area contributed by atoms with E-state index in [2.05, 4.69) is 40.9 Å². The smallest absolute Gasteiger partial charge is 0.358 e. The van der Waals surface area contributed by atoms with Crippen LogP contribution in [0.4, 0.5) is 11.4 Å².